The summed E-state index contributed by atoms with van der Waals surface area (Å²) in [5.41, 5.74) is 5.12. The first-order chi connectivity index (χ1) is 12.4. The lowest BCUT2D eigenvalue weighted by molar-refractivity contribution is -0.137. The van der Waals surface area contributed by atoms with E-state index >= 15 is 0 Å². The van der Waals surface area contributed by atoms with E-state index in [1.54, 1.807) is 0 Å². The molecule has 1 aliphatic heterocycles. The Balaban J connectivity index is 1.62. The molecule has 9 heteroatoms. The van der Waals surface area contributed by atoms with E-state index in [1.165, 1.54) is 12.5 Å². The molecule has 1 saturated heterocycles. The summed E-state index contributed by atoms with van der Waals surface area (Å²) in [6, 6.07) is 2.82. The van der Waals surface area contributed by atoms with Crippen LogP contribution in [0.1, 0.15) is 31.7 Å². The van der Waals surface area contributed by atoms with Gasteiger partial charge in [0.1, 0.15) is 5.82 Å². The van der Waals surface area contributed by atoms with Crippen LogP contribution in [-0.4, -0.2) is 54.6 Å². The van der Waals surface area contributed by atoms with Gasteiger partial charge in [0.15, 0.2) is 5.96 Å². The normalized spacial score (nSPS) is 18.9. The van der Waals surface area contributed by atoms with Crippen LogP contribution in [0, 0.1) is 0 Å². The van der Waals surface area contributed by atoms with Crippen molar-refractivity contribution in [3.63, 3.8) is 0 Å². The van der Waals surface area contributed by atoms with Gasteiger partial charge in [-0.15, -0.1) is 0 Å². The van der Waals surface area contributed by atoms with Gasteiger partial charge in [-0.3, -0.25) is 9.89 Å². The molecule has 0 aromatic carbocycles. The fraction of sp³-hybridized carbons (Fsp3) is 0.647. The summed E-state index contributed by atoms with van der Waals surface area (Å²) in [5, 5.41) is 6.04. The van der Waals surface area contributed by atoms with E-state index < -0.39 is 11.7 Å². The lowest BCUT2D eigenvalue weighted by atomic mass is 10.2. The molecular weight excluding hydrogens is 345 g/mol. The highest BCUT2D eigenvalue weighted by atomic mass is 19.4. The number of rotatable bonds is 8. The number of hydrogen-bond acceptors (Lipinski definition) is 4. The lowest BCUT2D eigenvalue weighted by Crippen LogP contribution is -2.36. The molecule has 1 aromatic rings. The Morgan fingerprint density at radius 1 is 1.38 bits per heavy atom. The minimum absolute atomic E-state index is 0.417. The monoisotopic (exact) mass is 372 g/mol. The number of halogens is 3. The number of nitrogens with zero attached hydrogens (tertiary/aromatic N) is 3. The zero-order valence-electron chi connectivity index (χ0n) is 15.0. The molecule has 1 atom stereocenters. The van der Waals surface area contributed by atoms with Crippen molar-refractivity contribution < 1.29 is 13.2 Å². The molecule has 4 N–H and O–H groups in total. The van der Waals surface area contributed by atoms with E-state index in [-0.39, 0.29) is 0 Å². The van der Waals surface area contributed by atoms with Crippen LogP contribution in [0.25, 0.3) is 0 Å². The van der Waals surface area contributed by atoms with Gasteiger partial charge in [-0.1, -0.05) is 6.92 Å². The Hall–Kier alpha value is -2.03. The maximum absolute atomic E-state index is 12.5. The summed E-state index contributed by atoms with van der Waals surface area (Å²) in [5.74, 6) is 0.848. The van der Waals surface area contributed by atoms with Gasteiger partial charge >= 0.3 is 6.18 Å². The van der Waals surface area contributed by atoms with Crippen molar-refractivity contribution in [3.8, 4) is 0 Å². The van der Waals surface area contributed by atoms with Crippen LogP contribution in [0.5, 0.6) is 0 Å². The zero-order chi connectivity index (χ0) is 19.0. The molecule has 6 nitrogen and oxygen atoms in total. The number of likely N-dealkylation sites (tertiary alicyclic amines) is 1. The van der Waals surface area contributed by atoms with Gasteiger partial charge in [-0.05, 0) is 44.5 Å². The molecule has 2 rings (SSSR count). The van der Waals surface area contributed by atoms with Crippen molar-refractivity contribution in [1.82, 2.24) is 15.2 Å². The third-order valence-corrected chi connectivity index (χ3v) is 4.43. The predicted octanol–water partition coefficient (Wildman–Crippen LogP) is 2.29. The van der Waals surface area contributed by atoms with Gasteiger partial charge in [0.25, 0.3) is 0 Å². The van der Waals surface area contributed by atoms with Crippen LogP contribution in [0.3, 0.4) is 0 Å². The average molecular weight is 372 g/mol. The standard InChI is InChI=1S/C17H27F3N6/c1-2-26-10-3-5-14(26)12-25-16(21)23-9-4-8-22-15-7-6-13(11-24-15)17(18,19)20/h6-7,11,14H,2-5,8-10,12H2,1H3,(H,22,24)(H3,21,23,25). The number of hydrogen-bond donors (Lipinski definition) is 3. The first-order valence-electron chi connectivity index (χ1n) is 8.95. The third kappa shape index (κ3) is 6.36. The maximum Gasteiger partial charge on any atom is 0.417 e. The van der Waals surface area contributed by atoms with E-state index in [1.807, 2.05) is 0 Å². The molecule has 1 unspecified atom stereocenters. The van der Waals surface area contributed by atoms with Gasteiger partial charge < -0.3 is 16.4 Å². The van der Waals surface area contributed by atoms with Crippen LogP contribution in [0.2, 0.25) is 0 Å². The third-order valence-electron chi connectivity index (χ3n) is 4.43. The average Bonchev–Trinajstić information content (AvgIpc) is 3.07. The molecule has 146 valence electrons. The van der Waals surface area contributed by atoms with Crippen LogP contribution in [0.4, 0.5) is 19.0 Å². The maximum atomic E-state index is 12.5. The molecule has 1 fully saturated rings. The second-order valence-corrected chi connectivity index (χ2v) is 6.29. The van der Waals surface area contributed by atoms with E-state index in [0.29, 0.717) is 37.5 Å². The predicted molar refractivity (Wildman–Crippen MR) is 97.1 cm³/mol. The van der Waals surface area contributed by atoms with Crippen LogP contribution in [-0.2, 0) is 6.18 Å². The number of guanidine groups is 1. The Morgan fingerprint density at radius 2 is 2.19 bits per heavy atom. The number of anilines is 1. The highest BCUT2D eigenvalue weighted by molar-refractivity contribution is 5.77. The Morgan fingerprint density at radius 3 is 2.85 bits per heavy atom. The van der Waals surface area contributed by atoms with Crippen LogP contribution < -0.4 is 16.4 Å². The van der Waals surface area contributed by atoms with E-state index in [2.05, 4.69) is 32.4 Å². The Kier molecular flexibility index (Phi) is 7.50. The Bertz CT molecular complexity index is 573. The molecule has 0 spiro atoms. The molecule has 0 saturated carbocycles. The smallest absolute Gasteiger partial charge is 0.370 e. The molecule has 0 bridgehead atoms. The first-order valence-corrected chi connectivity index (χ1v) is 8.95. The highest BCUT2D eigenvalue weighted by Crippen LogP contribution is 2.28. The minimum Gasteiger partial charge on any atom is -0.370 e. The van der Waals surface area contributed by atoms with Crippen LogP contribution in [0.15, 0.2) is 23.3 Å². The summed E-state index contributed by atoms with van der Waals surface area (Å²) < 4.78 is 37.4. The first kappa shape index (κ1) is 20.3. The SMILES string of the molecule is CCN1CCCC1CN=C(N)NCCCNc1ccc(C(F)(F)F)cn1. The molecule has 26 heavy (non-hydrogen) atoms. The lowest BCUT2D eigenvalue weighted by Gasteiger charge is -2.20. The summed E-state index contributed by atoms with van der Waals surface area (Å²) in [6.45, 7) is 6.24. The number of alkyl halides is 3. The minimum atomic E-state index is -4.36. The fourth-order valence-electron chi connectivity index (χ4n) is 2.97. The second kappa shape index (κ2) is 9.61. The van der Waals surface area contributed by atoms with Crippen LogP contribution >= 0.6 is 0 Å². The van der Waals surface area contributed by atoms with Crippen molar-refractivity contribution in [3.05, 3.63) is 23.9 Å². The number of aliphatic imine (C=N–C) groups is 1. The second-order valence-electron chi connectivity index (χ2n) is 6.29. The molecule has 0 aliphatic carbocycles. The topological polar surface area (TPSA) is 78.6 Å². The van der Waals surface area contributed by atoms with Gasteiger partial charge in [0, 0.05) is 25.3 Å². The number of nitrogens with one attached hydrogen (secondary N) is 2. The largest absolute Gasteiger partial charge is 0.417 e. The molecular formula is C17H27F3N6. The number of likely N-dealkylation sites (N-methyl/N-ethyl adjacent to an activating group) is 1. The van der Waals surface area contributed by atoms with Crippen molar-refractivity contribution in [2.75, 3.05) is 38.0 Å². The van der Waals surface area contributed by atoms with Gasteiger partial charge in [0.05, 0.1) is 12.1 Å². The molecule has 0 amide bonds. The molecule has 1 aromatic heterocycles. The quantitative estimate of drug-likeness (QED) is 0.371. The fourth-order valence-corrected chi connectivity index (χ4v) is 2.97. The summed E-state index contributed by atoms with van der Waals surface area (Å²) in [4.78, 5) is 10.6. The summed E-state index contributed by atoms with van der Waals surface area (Å²) >= 11 is 0. The molecule has 0 radical (unpaired) electrons. The highest BCUT2D eigenvalue weighted by Gasteiger charge is 2.30. The van der Waals surface area contributed by atoms with Crippen molar-refractivity contribution >= 4 is 11.8 Å². The zero-order valence-corrected chi connectivity index (χ0v) is 15.0. The number of nitrogens with two attached hydrogens (primary N) is 1. The van der Waals surface area contributed by atoms with Crippen molar-refractivity contribution in [2.24, 2.45) is 10.7 Å². The summed E-state index contributed by atoms with van der Waals surface area (Å²) in [6.07, 6.45) is -0.421. The molecule has 2 heterocycles. The Labute approximate surface area is 152 Å². The van der Waals surface area contributed by atoms with E-state index in [9.17, 15) is 13.2 Å². The molecule has 1 aliphatic rings. The number of pyridine rings is 1. The van der Waals surface area contributed by atoms with Crippen molar-refractivity contribution in [2.45, 2.75) is 38.4 Å². The van der Waals surface area contributed by atoms with Crippen molar-refractivity contribution in [1.29, 1.82) is 0 Å². The van der Waals surface area contributed by atoms with E-state index in [0.717, 1.165) is 38.2 Å². The van der Waals surface area contributed by atoms with Gasteiger partial charge in [-0.25, -0.2) is 4.98 Å². The van der Waals surface area contributed by atoms with Gasteiger partial charge in [-0.2, -0.15) is 13.2 Å². The van der Waals surface area contributed by atoms with E-state index in [4.69, 9.17) is 5.73 Å². The summed E-state index contributed by atoms with van der Waals surface area (Å²) in [7, 11) is 0. The number of aromatic nitrogens is 1. The van der Waals surface area contributed by atoms with Gasteiger partial charge in [0.2, 0.25) is 0 Å².